The van der Waals surface area contributed by atoms with E-state index in [1.54, 1.807) is 24.3 Å². The van der Waals surface area contributed by atoms with Crippen molar-refractivity contribution in [2.24, 2.45) is 0 Å². The van der Waals surface area contributed by atoms with Gasteiger partial charge in [-0.15, -0.1) is 0 Å². The van der Waals surface area contributed by atoms with E-state index in [0.29, 0.717) is 14.5 Å². The number of nitrogens with zero attached hydrogens (tertiary/aromatic N) is 1. The number of benzene rings is 2. The van der Waals surface area contributed by atoms with Gasteiger partial charge >= 0.3 is 0 Å². The average molecular weight is 475 g/mol. The fourth-order valence-corrected chi connectivity index (χ4v) is 5.85. The lowest BCUT2D eigenvalue weighted by Gasteiger charge is -2.18. The third-order valence-corrected chi connectivity index (χ3v) is 7.64. The van der Waals surface area contributed by atoms with E-state index in [1.165, 1.54) is 19.2 Å². The summed E-state index contributed by atoms with van der Waals surface area (Å²) in [7, 11) is -6.64. The highest BCUT2D eigenvalue weighted by Gasteiger charge is 2.37. The Hall–Kier alpha value is -2.11. The molecule has 1 amide bonds. The minimum absolute atomic E-state index is 0.0161. The van der Waals surface area contributed by atoms with Crippen molar-refractivity contribution in [1.82, 2.24) is 0 Å². The van der Waals surface area contributed by atoms with Crippen molar-refractivity contribution < 1.29 is 26.4 Å². The second kappa shape index (κ2) is 7.13. The van der Waals surface area contributed by atoms with E-state index in [2.05, 4.69) is 20.7 Å². The van der Waals surface area contributed by atoms with Gasteiger partial charge in [-0.1, -0.05) is 12.1 Å². The van der Waals surface area contributed by atoms with Gasteiger partial charge in [0.2, 0.25) is 15.9 Å². The normalized spacial score (nSPS) is 16.4. The highest BCUT2D eigenvalue weighted by molar-refractivity contribution is 9.10. The highest BCUT2D eigenvalue weighted by Crippen LogP contribution is 2.34. The predicted molar refractivity (Wildman–Crippen MR) is 104 cm³/mol. The van der Waals surface area contributed by atoms with Gasteiger partial charge in [0.15, 0.2) is 0 Å². The van der Waals surface area contributed by atoms with Gasteiger partial charge in [-0.3, -0.25) is 9.52 Å². The molecule has 1 aliphatic heterocycles. The zero-order valence-electron chi connectivity index (χ0n) is 14.0. The molecular formula is C16H15BrN2O6S2. The van der Waals surface area contributed by atoms with Gasteiger partial charge in [-0.25, -0.2) is 21.1 Å². The maximum atomic E-state index is 12.9. The van der Waals surface area contributed by atoms with E-state index in [-0.39, 0.29) is 28.5 Å². The van der Waals surface area contributed by atoms with E-state index in [4.69, 9.17) is 4.74 Å². The van der Waals surface area contributed by atoms with Crippen LogP contribution in [0, 0.1) is 0 Å². The molecule has 1 aliphatic rings. The van der Waals surface area contributed by atoms with Crippen LogP contribution in [-0.2, 0) is 24.8 Å². The number of carbonyl (C=O) groups excluding carboxylic acids is 1. The monoisotopic (exact) mass is 474 g/mol. The fraction of sp³-hybridized carbons (Fsp3) is 0.188. The van der Waals surface area contributed by atoms with Crippen molar-refractivity contribution in [2.45, 2.75) is 11.3 Å². The number of hydrogen-bond acceptors (Lipinski definition) is 6. The second-order valence-electron chi connectivity index (χ2n) is 5.64. The fourth-order valence-electron chi connectivity index (χ4n) is 2.61. The highest BCUT2D eigenvalue weighted by atomic mass is 79.9. The first-order valence-corrected chi connectivity index (χ1v) is 11.6. The number of carbonyl (C=O) groups is 1. The molecule has 11 heteroatoms. The van der Waals surface area contributed by atoms with Gasteiger partial charge in [0.1, 0.15) is 10.6 Å². The first-order chi connectivity index (χ1) is 12.7. The molecule has 1 heterocycles. The van der Waals surface area contributed by atoms with E-state index in [0.717, 1.165) is 6.07 Å². The summed E-state index contributed by atoms with van der Waals surface area (Å²) in [6.45, 7) is 0. The van der Waals surface area contributed by atoms with E-state index in [9.17, 15) is 21.6 Å². The van der Waals surface area contributed by atoms with Crippen LogP contribution in [0.3, 0.4) is 0 Å². The number of nitrogens with one attached hydrogen (secondary N) is 1. The third kappa shape index (κ3) is 3.80. The Morgan fingerprint density at radius 3 is 2.48 bits per heavy atom. The third-order valence-electron chi connectivity index (χ3n) is 3.87. The van der Waals surface area contributed by atoms with Gasteiger partial charge < -0.3 is 4.74 Å². The van der Waals surface area contributed by atoms with Crippen LogP contribution in [-0.4, -0.2) is 35.6 Å². The zero-order valence-corrected chi connectivity index (χ0v) is 17.3. The number of hydrogen-bond donors (Lipinski definition) is 1. The summed E-state index contributed by atoms with van der Waals surface area (Å²) < 4.78 is 58.7. The molecule has 0 aromatic heterocycles. The molecule has 2 aromatic rings. The summed E-state index contributed by atoms with van der Waals surface area (Å²) in [4.78, 5) is 11.7. The number of ether oxygens (including phenoxy) is 1. The molecule has 1 N–H and O–H groups in total. The zero-order chi connectivity index (χ0) is 19.8. The van der Waals surface area contributed by atoms with Crippen LogP contribution in [0.25, 0.3) is 0 Å². The molecule has 0 radical (unpaired) electrons. The molecule has 27 heavy (non-hydrogen) atoms. The van der Waals surface area contributed by atoms with Crippen molar-refractivity contribution in [3.63, 3.8) is 0 Å². The number of rotatable bonds is 5. The van der Waals surface area contributed by atoms with Gasteiger partial charge in [0, 0.05) is 10.9 Å². The molecule has 1 saturated heterocycles. The molecule has 0 bridgehead atoms. The maximum Gasteiger partial charge on any atom is 0.265 e. The number of halogens is 1. The first-order valence-electron chi connectivity index (χ1n) is 7.67. The minimum Gasteiger partial charge on any atom is -0.495 e. The lowest BCUT2D eigenvalue weighted by atomic mass is 10.3. The van der Waals surface area contributed by atoms with Crippen LogP contribution in [0.2, 0.25) is 0 Å². The second-order valence-corrected chi connectivity index (χ2v) is 10.1. The van der Waals surface area contributed by atoms with Crippen molar-refractivity contribution in [1.29, 1.82) is 0 Å². The number of amides is 1. The smallest absolute Gasteiger partial charge is 0.265 e. The van der Waals surface area contributed by atoms with Crippen LogP contribution < -0.4 is 13.8 Å². The number of methoxy groups -OCH3 is 1. The van der Waals surface area contributed by atoms with Crippen LogP contribution in [0.5, 0.6) is 5.75 Å². The van der Waals surface area contributed by atoms with Crippen molar-refractivity contribution >= 4 is 53.3 Å². The lowest BCUT2D eigenvalue weighted by molar-refractivity contribution is -0.116. The SMILES string of the molecule is COc1ccc(N2C(=O)CCS2(=O)=O)cc1S(=O)(=O)Nc1ccccc1Br. The van der Waals surface area contributed by atoms with Crippen molar-refractivity contribution in [3.8, 4) is 5.75 Å². The van der Waals surface area contributed by atoms with Crippen molar-refractivity contribution in [2.75, 3.05) is 21.9 Å². The van der Waals surface area contributed by atoms with E-state index in [1.807, 2.05) is 0 Å². The Morgan fingerprint density at radius 1 is 1.19 bits per heavy atom. The standard InChI is InChI=1S/C16H15BrN2O6S2/c1-25-14-7-6-11(19-16(20)8-9-26(19,21)22)10-15(14)27(23,24)18-13-5-3-2-4-12(13)17/h2-7,10,18H,8-9H2,1H3. The van der Waals surface area contributed by atoms with Crippen LogP contribution in [0.4, 0.5) is 11.4 Å². The topological polar surface area (TPSA) is 110 Å². The number of sulfonamides is 2. The van der Waals surface area contributed by atoms with E-state index >= 15 is 0 Å². The minimum atomic E-state index is -4.12. The van der Waals surface area contributed by atoms with E-state index < -0.39 is 26.0 Å². The average Bonchev–Trinajstić information content (AvgIpc) is 2.89. The molecule has 0 spiro atoms. The molecule has 0 atom stereocenters. The molecule has 1 fully saturated rings. The molecule has 0 aliphatic carbocycles. The van der Waals surface area contributed by atoms with Crippen molar-refractivity contribution in [3.05, 3.63) is 46.9 Å². The lowest BCUT2D eigenvalue weighted by Crippen LogP contribution is -2.29. The van der Waals surface area contributed by atoms with Gasteiger partial charge in [-0.05, 0) is 46.3 Å². The molecule has 0 unspecified atom stereocenters. The summed E-state index contributed by atoms with van der Waals surface area (Å²) in [6, 6.07) is 10.4. The van der Waals surface area contributed by atoms with Gasteiger partial charge in [-0.2, -0.15) is 0 Å². The van der Waals surface area contributed by atoms with Crippen LogP contribution >= 0.6 is 15.9 Å². The quantitative estimate of drug-likeness (QED) is 0.711. The summed E-state index contributed by atoms with van der Waals surface area (Å²) in [6.07, 6.45) is -0.147. The van der Waals surface area contributed by atoms with Gasteiger partial charge in [0.05, 0.1) is 24.2 Å². The number of anilines is 2. The summed E-state index contributed by atoms with van der Waals surface area (Å²) >= 11 is 3.26. The first kappa shape index (κ1) is 19.6. The Labute approximate surface area is 165 Å². The van der Waals surface area contributed by atoms with Crippen LogP contribution in [0.15, 0.2) is 51.8 Å². The molecule has 3 rings (SSSR count). The van der Waals surface area contributed by atoms with Gasteiger partial charge in [0.25, 0.3) is 10.0 Å². The van der Waals surface area contributed by atoms with Crippen LogP contribution in [0.1, 0.15) is 6.42 Å². The Balaban J connectivity index is 2.09. The summed E-state index contributed by atoms with van der Waals surface area (Å²) in [5.41, 5.74) is 0.251. The predicted octanol–water partition coefficient (Wildman–Crippen LogP) is 2.33. The Bertz CT molecular complexity index is 1120. The number of para-hydroxylation sites is 1. The maximum absolute atomic E-state index is 12.9. The molecule has 144 valence electrons. The largest absolute Gasteiger partial charge is 0.495 e. The Kier molecular flexibility index (Phi) is 5.19. The Morgan fingerprint density at radius 2 is 1.89 bits per heavy atom. The molecular weight excluding hydrogens is 460 g/mol. The summed E-state index contributed by atoms with van der Waals surface area (Å²) in [5.74, 6) is -0.903. The molecule has 2 aromatic carbocycles. The summed E-state index contributed by atoms with van der Waals surface area (Å²) in [5, 5.41) is 0. The molecule has 8 nitrogen and oxygen atoms in total. The molecule has 0 saturated carbocycles.